The highest BCUT2D eigenvalue weighted by molar-refractivity contribution is 6.32. The van der Waals surface area contributed by atoms with Crippen molar-refractivity contribution in [1.82, 2.24) is 4.90 Å². The lowest BCUT2D eigenvalue weighted by Gasteiger charge is -2.30. The molecule has 0 spiro atoms. The van der Waals surface area contributed by atoms with E-state index < -0.39 is 4.92 Å². The fourth-order valence-corrected chi connectivity index (χ4v) is 2.97. The van der Waals surface area contributed by atoms with E-state index in [1.54, 1.807) is 12.1 Å². The molecule has 1 unspecified atom stereocenters. The molecule has 1 aliphatic rings. The molecule has 2 rings (SSSR count). The van der Waals surface area contributed by atoms with Crippen molar-refractivity contribution in [3.63, 3.8) is 0 Å². The van der Waals surface area contributed by atoms with Crippen molar-refractivity contribution in [3.05, 3.63) is 38.9 Å². The summed E-state index contributed by atoms with van der Waals surface area (Å²) in [7, 11) is 0. The third-order valence-corrected chi connectivity index (χ3v) is 4.18. The Hall–Kier alpha value is -1.17. The fraction of sp³-hybridized carbons (Fsp3) is 0.571. The summed E-state index contributed by atoms with van der Waals surface area (Å²) in [5.74, 6) is 0. The lowest BCUT2D eigenvalue weighted by atomic mass is 10.0. The molecule has 0 aromatic heterocycles. The number of nitrogens with zero attached hydrogens (tertiary/aromatic N) is 2. The van der Waals surface area contributed by atoms with Gasteiger partial charge >= 0.3 is 0 Å². The molecule has 0 amide bonds. The highest BCUT2D eigenvalue weighted by Crippen LogP contribution is 2.30. The van der Waals surface area contributed by atoms with Gasteiger partial charge in [0.2, 0.25) is 0 Å². The summed E-state index contributed by atoms with van der Waals surface area (Å²) in [6, 6.07) is 5.03. The van der Waals surface area contributed by atoms with Gasteiger partial charge in [-0.1, -0.05) is 30.5 Å². The maximum absolute atomic E-state index is 11.0. The standard InChI is InChI=1S/C14H20ClN3O2/c15-12-6-5-11(9-13(12)18(19)20)14(10-16)17-7-3-1-2-4-8-17/h5-6,9,14H,1-4,7-8,10,16H2. The molecule has 20 heavy (non-hydrogen) atoms. The quantitative estimate of drug-likeness (QED) is 0.684. The predicted molar refractivity (Wildman–Crippen MR) is 79.9 cm³/mol. The van der Waals surface area contributed by atoms with Gasteiger partial charge in [0.25, 0.3) is 5.69 Å². The van der Waals surface area contributed by atoms with E-state index in [9.17, 15) is 10.1 Å². The normalized spacial score (nSPS) is 18.5. The molecule has 1 atom stereocenters. The Morgan fingerprint density at radius 2 is 1.95 bits per heavy atom. The summed E-state index contributed by atoms with van der Waals surface area (Å²) in [4.78, 5) is 12.9. The first-order chi connectivity index (χ1) is 9.63. The van der Waals surface area contributed by atoms with Crippen molar-refractivity contribution in [1.29, 1.82) is 0 Å². The van der Waals surface area contributed by atoms with Crippen LogP contribution in [-0.2, 0) is 0 Å². The molecule has 1 aromatic carbocycles. The van der Waals surface area contributed by atoms with Crippen LogP contribution in [0.5, 0.6) is 0 Å². The highest BCUT2D eigenvalue weighted by atomic mass is 35.5. The molecule has 1 aromatic rings. The molecule has 6 heteroatoms. The molecule has 1 aliphatic heterocycles. The Morgan fingerprint density at radius 1 is 1.30 bits per heavy atom. The molecule has 5 nitrogen and oxygen atoms in total. The summed E-state index contributed by atoms with van der Waals surface area (Å²) < 4.78 is 0. The lowest BCUT2D eigenvalue weighted by Crippen LogP contribution is -2.34. The van der Waals surface area contributed by atoms with E-state index in [0.29, 0.717) is 6.54 Å². The van der Waals surface area contributed by atoms with E-state index in [1.807, 2.05) is 6.07 Å². The van der Waals surface area contributed by atoms with Gasteiger partial charge in [0.05, 0.1) is 4.92 Å². The smallest absolute Gasteiger partial charge is 0.288 e. The first-order valence-electron chi connectivity index (χ1n) is 7.01. The zero-order valence-corrected chi connectivity index (χ0v) is 12.2. The van der Waals surface area contributed by atoms with E-state index in [1.165, 1.54) is 12.8 Å². The first kappa shape index (κ1) is 15.2. The number of nitrogens with two attached hydrogens (primary N) is 1. The molecule has 0 saturated carbocycles. The number of rotatable bonds is 4. The number of hydrogen-bond acceptors (Lipinski definition) is 4. The van der Waals surface area contributed by atoms with Gasteiger partial charge in [0.15, 0.2) is 0 Å². The maximum Gasteiger partial charge on any atom is 0.288 e. The molecule has 0 aliphatic carbocycles. The van der Waals surface area contributed by atoms with E-state index >= 15 is 0 Å². The molecule has 1 heterocycles. The zero-order chi connectivity index (χ0) is 14.5. The predicted octanol–water partition coefficient (Wildman–Crippen LogP) is 3.12. The van der Waals surface area contributed by atoms with Gasteiger partial charge in [-0.3, -0.25) is 15.0 Å². The van der Waals surface area contributed by atoms with Gasteiger partial charge in [-0.05, 0) is 37.6 Å². The fourth-order valence-electron chi connectivity index (χ4n) is 2.78. The second-order valence-corrected chi connectivity index (χ2v) is 5.58. The monoisotopic (exact) mass is 297 g/mol. The van der Waals surface area contributed by atoms with Crippen LogP contribution in [0.25, 0.3) is 0 Å². The summed E-state index contributed by atoms with van der Waals surface area (Å²) in [6.07, 6.45) is 4.81. The third-order valence-electron chi connectivity index (χ3n) is 3.86. The Balaban J connectivity index is 2.26. The second kappa shape index (κ2) is 7.02. The van der Waals surface area contributed by atoms with E-state index in [-0.39, 0.29) is 16.8 Å². The van der Waals surface area contributed by atoms with E-state index in [0.717, 1.165) is 31.5 Å². The molecular formula is C14H20ClN3O2. The average molecular weight is 298 g/mol. The Morgan fingerprint density at radius 3 is 2.50 bits per heavy atom. The number of nitro benzene ring substituents is 1. The molecule has 0 radical (unpaired) electrons. The van der Waals surface area contributed by atoms with Crippen LogP contribution in [-0.4, -0.2) is 29.5 Å². The minimum Gasteiger partial charge on any atom is -0.329 e. The molecular weight excluding hydrogens is 278 g/mol. The molecule has 0 bridgehead atoms. The zero-order valence-electron chi connectivity index (χ0n) is 11.4. The maximum atomic E-state index is 11.0. The number of nitro groups is 1. The molecule has 1 fully saturated rings. The summed E-state index contributed by atoms with van der Waals surface area (Å²) in [6.45, 7) is 2.45. The van der Waals surface area contributed by atoms with Crippen molar-refractivity contribution < 1.29 is 4.92 Å². The Bertz CT molecular complexity index is 473. The average Bonchev–Trinajstić information content (AvgIpc) is 2.70. The second-order valence-electron chi connectivity index (χ2n) is 5.17. The number of hydrogen-bond donors (Lipinski definition) is 1. The van der Waals surface area contributed by atoms with Gasteiger partial charge in [0.1, 0.15) is 5.02 Å². The lowest BCUT2D eigenvalue weighted by molar-refractivity contribution is -0.384. The van der Waals surface area contributed by atoms with Crippen molar-refractivity contribution in [2.24, 2.45) is 5.73 Å². The number of benzene rings is 1. The van der Waals surface area contributed by atoms with Crippen LogP contribution in [0.4, 0.5) is 5.69 Å². The van der Waals surface area contributed by atoms with Gasteiger partial charge < -0.3 is 5.73 Å². The van der Waals surface area contributed by atoms with Crippen LogP contribution in [0.3, 0.4) is 0 Å². The molecule has 110 valence electrons. The van der Waals surface area contributed by atoms with Crippen molar-refractivity contribution in [2.45, 2.75) is 31.7 Å². The van der Waals surface area contributed by atoms with Gasteiger partial charge in [-0.25, -0.2) is 0 Å². The van der Waals surface area contributed by atoms with Crippen LogP contribution < -0.4 is 5.73 Å². The topological polar surface area (TPSA) is 72.4 Å². The minimum atomic E-state index is -0.443. The van der Waals surface area contributed by atoms with Crippen molar-refractivity contribution in [2.75, 3.05) is 19.6 Å². The third kappa shape index (κ3) is 3.48. The molecule has 1 saturated heterocycles. The summed E-state index contributed by atoms with van der Waals surface area (Å²) in [5, 5.41) is 11.2. The van der Waals surface area contributed by atoms with E-state index in [4.69, 9.17) is 17.3 Å². The Kier molecular flexibility index (Phi) is 5.34. The van der Waals surface area contributed by atoms with Crippen LogP contribution >= 0.6 is 11.6 Å². The number of halogens is 1. The van der Waals surface area contributed by atoms with Gasteiger partial charge in [-0.2, -0.15) is 0 Å². The van der Waals surface area contributed by atoms with Gasteiger partial charge in [0, 0.05) is 18.7 Å². The van der Waals surface area contributed by atoms with Crippen molar-refractivity contribution in [3.8, 4) is 0 Å². The van der Waals surface area contributed by atoms with Crippen LogP contribution in [0, 0.1) is 10.1 Å². The molecule has 2 N–H and O–H groups in total. The summed E-state index contributed by atoms with van der Waals surface area (Å²) in [5.41, 5.74) is 6.74. The van der Waals surface area contributed by atoms with Crippen molar-refractivity contribution >= 4 is 17.3 Å². The number of likely N-dealkylation sites (tertiary alicyclic amines) is 1. The van der Waals surface area contributed by atoms with Gasteiger partial charge in [-0.15, -0.1) is 0 Å². The first-order valence-corrected chi connectivity index (χ1v) is 7.39. The summed E-state index contributed by atoms with van der Waals surface area (Å²) >= 11 is 5.86. The van der Waals surface area contributed by atoms with Crippen LogP contribution in [0.2, 0.25) is 5.02 Å². The SMILES string of the molecule is NCC(c1ccc(Cl)c([N+](=O)[O-])c1)N1CCCCCC1. The van der Waals surface area contributed by atoms with Crippen LogP contribution in [0.15, 0.2) is 18.2 Å². The highest BCUT2D eigenvalue weighted by Gasteiger charge is 2.23. The van der Waals surface area contributed by atoms with Crippen LogP contribution in [0.1, 0.15) is 37.3 Å². The largest absolute Gasteiger partial charge is 0.329 e. The van der Waals surface area contributed by atoms with E-state index in [2.05, 4.69) is 4.90 Å². The Labute approximate surface area is 123 Å². The minimum absolute atomic E-state index is 0.0315.